The number of rotatable bonds is 5. The van der Waals surface area contributed by atoms with E-state index in [1.807, 2.05) is 55.5 Å². The van der Waals surface area contributed by atoms with Gasteiger partial charge in [0.05, 0.1) is 6.54 Å². The number of pyridine rings is 1. The number of nitrogens with zero attached hydrogens (tertiary/aromatic N) is 5. The summed E-state index contributed by atoms with van der Waals surface area (Å²) in [6, 6.07) is 14.8. The van der Waals surface area contributed by atoms with E-state index in [1.165, 1.54) is 0 Å². The van der Waals surface area contributed by atoms with Gasteiger partial charge in [0, 0.05) is 35.4 Å². The Morgan fingerprint density at radius 2 is 1.96 bits per heavy atom. The van der Waals surface area contributed by atoms with Crippen molar-refractivity contribution in [3.63, 3.8) is 0 Å². The Balaban J connectivity index is 1.56. The minimum atomic E-state index is -0.156. The average molecular weight is 359 g/mol. The normalized spacial score (nSPS) is 10.7. The summed E-state index contributed by atoms with van der Waals surface area (Å²) in [5, 5.41) is 10.4. The fourth-order valence-electron chi connectivity index (χ4n) is 2.63. The Labute approximate surface area is 155 Å². The van der Waals surface area contributed by atoms with Crippen molar-refractivity contribution in [3.8, 4) is 11.4 Å². The molecular formula is C19H17N7O. The fraction of sp³-hybridized carbons (Fsp3) is 0.105. The van der Waals surface area contributed by atoms with Gasteiger partial charge in [-0.2, -0.15) is 9.50 Å². The van der Waals surface area contributed by atoms with Crippen molar-refractivity contribution in [2.45, 2.75) is 6.92 Å². The van der Waals surface area contributed by atoms with Gasteiger partial charge in [0.15, 0.2) is 5.82 Å². The van der Waals surface area contributed by atoms with Gasteiger partial charge in [-0.25, -0.2) is 4.98 Å². The van der Waals surface area contributed by atoms with Crippen molar-refractivity contribution in [2.75, 3.05) is 17.2 Å². The molecule has 1 aromatic carbocycles. The van der Waals surface area contributed by atoms with E-state index in [1.54, 1.807) is 16.9 Å². The minimum Gasteiger partial charge on any atom is -0.361 e. The molecule has 0 bridgehead atoms. The monoisotopic (exact) mass is 359 g/mol. The number of hydrogen-bond acceptors (Lipinski definition) is 6. The third kappa shape index (κ3) is 3.74. The molecule has 0 unspecified atom stereocenters. The first kappa shape index (κ1) is 16.6. The van der Waals surface area contributed by atoms with E-state index in [-0.39, 0.29) is 12.5 Å². The van der Waals surface area contributed by atoms with Gasteiger partial charge < -0.3 is 10.6 Å². The van der Waals surface area contributed by atoms with Crippen LogP contribution in [-0.2, 0) is 4.79 Å². The van der Waals surface area contributed by atoms with Crippen molar-refractivity contribution in [2.24, 2.45) is 0 Å². The molecule has 27 heavy (non-hydrogen) atoms. The number of amides is 1. The van der Waals surface area contributed by atoms with Crippen LogP contribution in [0.15, 0.2) is 60.9 Å². The van der Waals surface area contributed by atoms with E-state index in [4.69, 9.17) is 0 Å². The Bertz CT molecular complexity index is 1080. The molecule has 2 N–H and O–H groups in total. The lowest BCUT2D eigenvalue weighted by molar-refractivity contribution is -0.114. The van der Waals surface area contributed by atoms with E-state index in [9.17, 15) is 4.79 Å². The van der Waals surface area contributed by atoms with Gasteiger partial charge in [-0.1, -0.05) is 18.2 Å². The number of para-hydroxylation sites is 1. The molecule has 0 radical (unpaired) electrons. The molecule has 4 aromatic rings. The van der Waals surface area contributed by atoms with E-state index < -0.39 is 0 Å². The Kier molecular flexibility index (Phi) is 4.44. The first-order valence-corrected chi connectivity index (χ1v) is 8.42. The highest BCUT2D eigenvalue weighted by atomic mass is 16.1. The lowest BCUT2D eigenvalue weighted by atomic mass is 10.3. The Morgan fingerprint density at radius 3 is 2.74 bits per heavy atom. The zero-order valence-electron chi connectivity index (χ0n) is 14.6. The second kappa shape index (κ2) is 7.20. The highest BCUT2D eigenvalue weighted by molar-refractivity contribution is 5.93. The number of hydrogen-bond donors (Lipinski definition) is 2. The number of nitrogens with one attached hydrogen (secondary N) is 2. The maximum atomic E-state index is 12.2. The summed E-state index contributed by atoms with van der Waals surface area (Å²) in [4.78, 5) is 25.1. The van der Waals surface area contributed by atoms with Crippen LogP contribution in [0.2, 0.25) is 0 Å². The molecule has 0 atom stereocenters. The lowest BCUT2D eigenvalue weighted by Crippen LogP contribution is -2.23. The van der Waals surface area contributed by atoms with Gasteiger partial charge in [-0.3, -0.25) is 9.78 Å². The van der Waals surface area contributed by atoms with Gasteiger partial charge in [-0.15, -0.1) is 5.10 Å². The number of carbonyl (C=O) groups is 1. The van der Waals surface area contributed by atoms with Crippen LogP contribution in [0.4, 0.5) is 11.5 Å². The van der Waals surface area contributed by atoms with Crippen LogP contribution in [0, 0.1) is 6.92 Å². The molecule has 0 fully saturated rings. The zero-order valence-corrected chi connectivity index (χ0v) is 14.6. The van der Waals surface area contributed by atoms with Gasteiger partial charge in [-0.05, 0) is 31.2 Å². The summed E-state index contributed by atoms with van der Waals surface area (Å²) >= 11 is 0. The first-order valence-electron chi connectivity index (χ1n) is 8.42. The molecule has 0 aliphatic rings. The summed E-state index contributed by atoms with van der Waals surface area (Å²) in [7, 11) is 0. The van der Waals surface area contributed by atoms with Crippen LogP contribution in [0.5, 0.6) is 0 Å². The number of aryl methyl sites for hydroxylation is 1. The third-order valence-corrected chi connectivity index (χ3v) is 3.85. The van der Waals surface area contributed by atoms with Crippen molar-refractivity contribution in [3.05, 3.63) is 66.6 Å². The molecule has 8 heteroatoms. The molecule has 0 aliphatic carbocycles. The van der Waals surface area contributed by atoms with Gasteiger partial charge in [0.25, 0.3) is 5.78 Å². The van der Waals surface area contributed by atoms with Crippen LogP contribution in [0.3, 0.4) is 0 Å². The van der Waals surface area contributed by atoms with Crippen LogP contribution in [0.25, 0.3) is 17.2 Å². The topological polar surface area (TPSA) is 97.1 Å². The van der Waals surface area contributed by atoms with Gasteiger partial charge >= 0.3 is 0 Å². The predicted octanol–water partition coefficient (Wildman–Crippen LogP) is 2.55. The summed E-state index contributed by atoms with van der Waals surface area (Å²) in [6.45, 7) is 1.96. The van der Waals surface area contributed by atoms with E-state index in [2.05, 4.69) is 30.7 Å². The van der Waals surface area contributed by atoms with Crippen molar-refractivity contribution >= 4 is 23.2 Å². The van der Waals surface area contributed by atoms with Crippen molar-refractivity contribution < 1.29 is 4.79 Å². The highest BCUT2D eigenvalue weighted by Gasteiger charge is 2.12. The van der Waals surface area contributed by atoms with E-state index in [0.29, 0.717) is 17.4 Å². The molecule has 134 valence electrons. The molecular weight excluding hydrogens is 342 g/mol. The number of fused-ring (bicyclic) bond motifs is 1. The standard InChI is InChI=1S/C19H17N7O/c1-13-10-16(21-12-17(27)23-15-7-3-2-4-8-15)26-19(22-13)24-18(25-26)14-6-5-9-20-11-14/h2-11,21H,12H2,1H3,(H,23,27). The molecule has 3 aromatic heterocycles. The Morgan fingerprint density at radius 1 is 1.11 bits per heavy atom. The summed E-state index contributed by atoms with van der Waals surface area (Å²) < 4.78 is 1.59. The molecule has 0 saturated heterocycles. The zero-order chi connectivity index (χ0) is 18.6. The minimum absolute atomic E-state index is 0.0928. The molecule has 0 spiro atoms. The molecule has 3 heterocycles. The fourth-order valence-corrected chi connectivity index (χ4v) is 2.63. The average Bonchev–Trinajstić information content (AvgIpc) is 3.11. The smallest absolute Gasteiger partial charge is 0.254 e. The first-order chi connectivity index (χ1) is 13.2. The quantitative estimate of drug-likeness (QED) is 0.568. The number of benzene rings is 1. The summed E-state index contributed by atoms with van der Waals surface area (Å²) in [5.41, 5.74) is 2.33. The van der Waals surface area contributed by atoms with Crippen LogP contribution < -0.4 is 10.6 Å². The second-order valence-electron chi connectivity index (χ2n) is 5.94. The molecule has 8 nitrogen and oxygen atoms in total. The Hall–Kier alpha value is -3.81. The van der Waals surface area contributed by atoms with Crippen molar-refractivity contribution in [1.82, 2.24) is 24.6 Å². The predicted molar refractivity (Wildman–Crippen MR) is 102 cm³/mol. The highest BCUT2D eigenvalue weighted by Crippen LogP contribution is 2.17. The van der Waals surface area contributed by atoms with Crippen LogP contribution >= 0.6 is 0 Å². The molecule has 0 saturated carbocycles. The largest absolute Gasteiger partial charge is 0.361 e. The van der Waals surface area contributed by atoms with E-state index >= 15 is 0 Å². The maximum Gasteiger partial charge on any atom is 0.254 e. The number of aromatic nitrogens is 5. The SMILES string of the molecule is Cc1cc(NCC(=O)Nc2ccccc2)n2nc(-c3cccnc3)nc2n1. The molecule has 1 amide bonds. The summed E-state index contributed by atoms with van der Waals surface area (Å²) in [5.74, 6) is 1.47. The third-order valence-electron chi connectivity index (χ3n) is 3.85. The number of carbonyl (C=O) groups excluding carboxylic acids is 1. The molecule has 0 aliphatic heterocycles. The second-order valence-corrected chi connectivity index (χ2v) is 5.94. The number of anilines is 2. The van der Waals surface area contributed by atoms with Crippen molar-refractivity contribution in [1.29, 1.82) is 0 Å². The summed E-state index contributed by atoms with van der Waals surface area (Å²) in [6.07, 6.45) is 3.39. The van der Waals surface area contributed by atoms with Crippen LogP contribution in [-0.4, -0.2) is 37.0 Å². The van der Waals surface area contributed by atoms with Crippen LogP contribution in [0.1, 0.15) is 5.69 Å². The lowest BCUT2D eigenvalue weighted by Gasteiger charge is -2.09. The van der Waals surface area contributed by atoms with Gasteiger partial charge in [0.1, 0.15) is 5.82 Å². The van der Waals surface area contributed by atoms with E-state index in [0.717, 1.165) is 16.9 Å². The van der Waals surface area contributed by atoms with Gasteiger partial charge in [0.2, 0.25) is 5.91 Å². The maximum absolute atomic E-state index is 12.2. The molecule has 4 rings (SSSR count).